The van der Waals surface area contributed by atoms with Crippen LogP contribution in [0, 0.1) is 0 Å². The molecule has 1 aromatic rings. The van der Waals surface area contributed by atoms with Gasteiger partial charge in [0.25, 0.3) is 0 Å². The topological polar surface area (TPSA) is 38.9 Å². The van der Waals surface area contributed by atoms with Gasteiger partial charge in [0.15, 0.2) is 0 Å². The lowest BCUT2D eigenvalue weighted by Gasteiger charge is -1.96. The van der Waals surface area contributed by atoms with Gasteiger partial charge in [0.2, 0.25) is 0 Å². The van der Waals surface area contributed by atoms with Crippen molar-refractivity contribution in [2.45, 2.75) is 25.2 Å². The van der Waals surface area contributed by atoms with Crippen molar-refractivity contribution in [1.29, 1.82) is 0 Å². The summed E-state index contributed by atoms with van der Waals surface area (Å²) in [6.07, 6.45) is 3.68. The maximum atomic E-state index is 5.49. The van der Waals surface area contributed by atoms with Crippen LogP contribution in [0.4, 0.5) is 0 Å². The molecule has 0 unspecified atom stereocenters. The molecular formula is C8H12N2S. The zero-order valence-corrected chi connectivity index (χ0v) is 7.23. The molecule has 0 spiro atoms. The largest absolute Gasteiger partial charge is 0.330 e. The first kappa shape index (κ1) is 7.25. The van der Waals surface area contributed by atoms with Crippen LogP contribution in [0.5, 0.6) is 0 Å². The number of hydrogen-bond donors (Lipinski definition) is 1. The van der Waals surface area contributed by atoms with E-state index < -0.39 is 0 Å². The van der Waals surface area contributed by atoms with Crippen LogP contribution in [0.15, 0.2) is 5.51 Å². The summed E-state index contributed by atoms with van der Waals surface area (Å²) in [5.41, 5.74) is 8.76. The Morgan fingerprint density at radius 1 is 1.64 bits per heavy atom. The molecule has 0 atom stereocenters. The average Bonchev–Trinajstić information content (AvgIpc) is 2.75. The zero-order valence-electron chi connectivity index (χ0n) is 6.42. The van der Waals surface area contributed by atoms with Crippen LogP contribution in [0.1, 0.15) is 29.3 Å². The monoisotopic (exact) mass is 168 g/mol. The molecule has 3 heteroatoms. The smallest absolute Gasteiger partial charge is 0.0797 e. The summed E-state index contributed by atoms with van der Waals surface area (Å²) < 4.78 is 0. The standard InChI is InChI=1S/C8H12N2S/c9-4-3-7-8(6-1-2-6)10-5-11-7/h5-6H,1-4,9H2. The second kappa shape index (κ2) is 2.91. The van der Waals surface area contributed by atoms with E-state index in [1.807, 2.05) is 5.51 Å². The van der Waals surface area contributed by atoms with Gasteiger partial charge in [-0.15, -0.1) is 11.3 Å². The Balaban J connectivity index is 2.16. The highest BCUT2D eigenvalue weighted by Crippen LogP contribution is 2.41. The van der Waals surface area contributed by atoms with E-state index in [1.165, 1.54) is 23.4 Å². The van der Waals surface area contributed by atoms with Crippen molar-refractivity contribution >= 4 is 11.3 Å². The zero-order chi connectivity index (χ0) is 7.68. The first-order chi connectivity index (χ1) is 5.42. The van der Waals surface area contributed by atoms with Crippen LogP contribution in [0.2, 0.25) is 0 Å². The molecule has 0 aromatic carbocycles. The number of nitrogens with zero attached hydrogens (tertiary/aromatic N) is 1. The molecule has 0 amide bonds. The molecular weight excluding hydrogens is 156 g/mol. The Morgan fingerprint density at radius 2 is 2.45 bits per heavy atom. The summed E-state index contributed by atoms with van der Waals surface area (Å²) in [6.45, 7) is 0.752. The van der Waals surface area contributed by atoms with Crippen molar-refractivity contribution in [2.24, 2.45) is 5.73 Å². The number of nitrogens with two attached hydrogens (primary N) is 1. The highest BCUT2D eigenvalue weighted by Gasteiger charge is 2.27. The Hall–Kier alpha value is -0.410. The predicted molar refractivity (Wildman–Crippen MR) is 46.8 cm³/mol. The number of aromatic nitrogens is 1. The van der Waals surface area contributed by atoms with E-state index in [0.717, 1.165) is 18.9 Å². The van der Waals surface area contributed by atoms with Crippen molar-refractivity contribution in [1.82, 2.24) is 4.98 Å². The Morgan fingerprint density at radius 3 is 3.09 bits per heavy atom. The Bertz CT molecular complexity index is 240. The Labute approximate surface area is 70.5 Å². The second-order valence-electron chi connectivity index (χ2n) is 2.97. The molecule has 1 aromatic heterocycles. The van der Waals surface area contributed by atoms with Gasteiger partial charge >= 0.3 is 0 Å². The van der Waals surface area contributed by atoms with Gasteiger partial charge in [0.05, 0.1) is 11.2 Å². The Kier molecular flexibility index (Phi) is 1.92. The van der Waals surface area contributed by atoms with Crippen molar-refractivity contribution < 1.29 is 0 Å². The minimum atomic E-state index is 0.752. The SMILES string of the molecule is NCCc1scnc1C1CC1. The van der Waals surface area contributed by atoms with E-state index >= 15 is 0 Å². The quantitative estimate of drug-likeness (QED) is 0.743. The van der Waals surface area contributed by atoms with E-state index in [4.69, 9.17) is 5.73 Å². The van der Waals surface area contributed by atoms with Crippen LogP contribution < -0.4 is 5.73 Å². The molecule has 0 bridgehead atoms. The average molecular weight is 168 g/mol. The third-order valence-corrected chi connectivity index (χ3v) is 2.92. The van der Waals surface area contributed by atoms with Crippen LogP contribution in [0.25, 0.3) is 0 Å². The molecule has 1 saturated carbocycles. The minimum absolute atomic E-state index is 0.752. The van der Waals surface area contributed by atoms with Crippen molar-refractivity contribution in [2.75, 3.05) is 6.54 Å². The third-order valence-electron chi connectivity index (χ3n) is 2.01. The fourth-order valence-corrected chi connectivity index (χ4v) is 2.16. The van der Waals surface area contributed by atoms with Crippen molar-refractivity contribution in [3.8, 4) is 0 Å². The lowest BCUT2D eigenvalue weighted by Crippen LogP contribution is -2.02. The van der Waals surface area contributed by atoms with E-state index in [2.05, 4.69) is 4.98 Å². The van der Waals surface area contributed by atoms with E-state index in [9.17, 15) is 0 Å². The van der Waals surface area contributed by atoms with Crippen LogP contribution in [0.3, 0.4) is 0 Å². The van der Waals surface area contributed by atoms with Crippen molar-refractivity contribution in [3.05, 3.63) is 16.1 Å². The number of rotatable bonds is 3. The van der Waals surface area contributed by atoms with E-state index in [-0.39, 0.29) is 0 Å². The fraction of sp³-hybridized carbons (Fsp3) is 0.625. The molecule has 0 aliphatic heterocycles. The summed E-state index contributed by atoms with van der Waals surface area (Å²) in [7, 11) is 0. The second-order valence-corrected chi connectivity index (χ2v) is 3.91. The van der Waals surface area contributed by atoms with Gasteiger partial charge in [-0.1, -0.05) is 0 Å². The van der Waals surface area contributed by atoms with Crippen molar-refractivity contribution in [3.63, 3.8) is 0 Å². The molecule has 1 fully saturated rings. The van der Waals surface area contributed by atoms with Gasteiger partial charge in [-0.05, 0) is 25.8 Å². The van der Waals surface area contributed by atoms with Crippen LogP contribution >= 0.6 is 11.3 Å². The molecule has 11 heavy (non-hydrogen) atoms. The highest BCUT2D eigenvalue weighted by molar-refractivity contribution is 7.09. The summed E-state index contributed by atoms with van der Waals surface area (Å²) in [5, 5.41) is 0. The van der Waals surface area contributed by atoms with Crippen LogP contribution in [-0.4, -0.2) is 11.5 Å². The summed E-state index contributed by atoms with van der Waals surface area (Å²) in [4.78, 5) is 5.77. The molecule has 1 heterocycles. The maximum Gasteiger partial charge on any atom is 0.0797 e. The molecule has 1 aliphatic carbocycles. The van der Waals surface area contributed by atoms with Gasteiger partial charge in [0, 0.05) is 10.8 Å². The first-order valence-corrected chi connectivity index (χ1v) is 4.92. The summed E-state index contributed by atoms with van der Waals surface area (Å²) in [6, 6.07) is 0. The third kappa shape index (κ3) is 1.44. The van der Waals surface area contributed by atoms with Gasteiger partial charge in [-0.25, -0.2) is 4.98 Å². The molecule has 0 saturated heterocycles. The molecule has 2 N–H and O–H groups in total. The summed E-state index contributed by atoms with van der Waals surface area (Å²) >= 11 is 1.75. The fourth-order valence-electron chi connectivity index (χ4n) is 1.29. The lowest BCUT2D eigenvalue weighted by molar-refractivity contribution is 0.935. The van der Waals surface area contributed by atoms with Gasteiger partial charge < -0.3 is 5.73 Å². The maximum absolute atomic E-state index is 5.49. The lowest BCUT2D eigenvalue weighted by atomic mass is 10.2. The normalized spacial score (nSPS) is 17.2. The molecule has 0 radical (unpaired) electrons. The van der Waals surface area contributed by atoms with E-state index in [0.29, 0.717) is 0 Å². The minimum Gasteiger partial charge on any atom is -0.330 e. The molecule has 2 rings (SSSR count). The van der Waals surface area contributed by atoms with E-state index in [1.54, 1.807) is 11.3 Å². The van der Waals surface area contributed by atoms with Gasteiger partial charge in [-0.3, -0.25) is 0 Å². The van der Waals surface area contributed by atoms with Crippen LogP contribution in [-0.2, 0) is 6.42 Å². The molecule has 1 aliphatic rings. The molecule has 2 nitrogen and oxygen atoms in total. The molecule has 60 valence electrons. The number of hydrogen-bond acceptors (Lipinski definition) is 3. The predicted octanol–water partition coefficient (Wildman–Crippen LogP) is 1.52. The highest BCUT2D eigenvalue weighted by atomic mass is 32.1. The van der Waals surface area contributed by atoms with Gasteiger partial charge in [0.1, 0.15) is 0 Å². The van der Waals surface area contributed by atoms with Gasteiger partial charge in [-0.2, -0.15) is 0 Å². The first-order valence-electron chi connectivity index (χ1n) is 4.04. The number of thiazole rings is 1. The summed E-state index contributed by atoms with van der Waals surface area (Å²) in [5.74, 6) is 0.780.